The molecule has 0 unspecified atom stereocenters. The maximum atomic E-state index is 11.5. The molecule has 4 heteroatoms. The quantitative estimate of drug-likeness (QED) is 0.718. The van der Waals surface area contributed by atoms with Crippen LogP contribution in [-0.2, 0) is 0 Å². The second-order valence-corrected chi connectivity index (χ2v) is 4.09. The van der Waals surface area contributed by atoms with E-state index in [0.29, 0.717) is 11.1 Å². The van der Waals surface area contributed by atoms with Crippen LogP contribution in [-0.4, -0.2) is 16.1 Å². The van der Waals surface area contributed by atoms with Crippen molar-refractivity contribution in [2.45, 2.75) is 0 Å². The predicted molar refractivity (Wildman–Crippen MR) is 70.0 cm³/mol. The SMILES string of the molecule is NC(=O)c1cc(-c2ccccc2)cc2cn[nH]c12. The van der Waals surface area contributed by atoms with Gasteiger partial charge < -0.3 is 5.73 Å². The molecule has 1 aromatic heterocycles. The minimum Gasteiger partial charge on any atom is -0.366 e. The maximum absolute atomic E-state index is 11.5. The van der Waals surface area contributed by atoms with E-state index in [-0.39, 0.29) is 0 Å². The lowest BCUT2D eigenvalue weighted by Gasteiger charge is -2.05. The first-order valence-corrected chi connectivity index (χ1v) is 5.58. The zero-order valence-corrected chi connectivity index (χ0v) is 9.55. The van der Waals surface area contributed by atoms with Crippen LogP contribution in [0.15, 0.2) is 48.7 Å². The minimum absolute atomic E-state index is 0.456. The summed E-state index contributed by atoms with van der Waals surface area (Å²) in [4.78, 5) is 11.5. The highest BCUT2D eigenvalue weighted by atomic mass is 16.1. The molecular weight excluding hydrogens is 226 g/mol. The lowest BCUT2D eigenvalue weighted by Crippen LogP contribution is -2.11. The van der Waals surface area contributed by atoms with Gasteiger partial charge in [-0.05, 0) is 23.3 Å². The van der Waals surface area contributed by atoms with E-state index < -0.39 is 5.91 Å². The third-order valence-corrected chi connectivity index (χ3v) is 2.92. The standard InChI is InChI=1S/C14H11N3O/c15-14(18)12-7-10(9-4-2-1-3-5-9)6-11-8-16-17-13(11)12/h1-8H,(H2,15,18)(H,16,17). The molecule has 3 N–H and O–H groups in total. The molecule has 0 bridgehead atoms. The van der Waals surface area contributed by atoms with E-state index in [1.165, 1.54) is 0 Å². The Labute approximate surface area is 103 Å². The highest BCUT2D eigenvalue weighted by Crippen LogP contribution is 2.26. The van der Waals surface area contributed by atoms with Crippen molar-refractivity contribution in [2.24, 2.45) is 5.73 Å². The molecule has 0 radical (unpaired) electrons. The summed E-state index contributed by atoms with van der Waals surface area (Å²) in [6.45, 7) is 0. The van der Waals surface area contributed by atoms with Crippen LogP contribution in [0.3, 0.4) is 0 Å². The highest BCUT2D eigenvalue weighted by molar-refractivity contribution is 6.06. The Morgan fingerprint density at radius 3 is 2.61 bits per heavy atom. The molecule has 0 spiro atoms. The van der Waals surface area contributed by atoms with Crippen LogP contribution < -0.4 is 5.73 Å². The van der Waals surface area contributed by atoms with E-state index in [0.717, 1.165) is 16.5 Å². The fourth-order valence-corrected chi connectivity index (χ4v) is 2.05. The third-order valence-electron chi connectivity index (χ3n) is 2.92. The molecule has 1 heterocycles. The van der Waals surface area contributed by atoms with Gasteiger partial charge in [0.15, 0.2) is 0 Å². The van der Waals surface area contributed by atoms with Gasteiger partial charge in [-0.25, -0.2) is 0 Å². The second-order valence-electron chi connectivity index (χ2n) is 4.09. The largest absolute Gasteiger partial charge is 0.366 e. The summed E-state index contributed by atoms with van der Waals surface area (Å²) in [6, 6.07) is 13.6. The smallest absolute Gasteiger partial charge is 0.250 e. The van der Waals surface area contributed by atoms with Gasteiger partial charge in [-0.1, -0.05) is 30.3 Å². The molecule has 3 rings (SSSR count). The molecule has 0 aliphatic carbocycles. The Hall–Kier alpha value is -2.62. The van der Waals surface area contributed by atoms with E-state index in [9.17, 15) is 4.79 Å². The van der Waals surface area contributed by atoms with Crippen molar-refractivity contribution in [1.82, 2.24) is 10.2 Å². The zero-order valence-electron chi connectivity index (χ0n) is 9.55. The number of rotatable bonds is 2. The molecule has 3 aromatic rings. The van der Waals surface area contributed by atoms with Gasteiger partial charge in [-0.2, -0.15) is 5.10 Å². The molecule has 1 amide bonds. The predicted octanol–water partition coefficient (Wildman–Crippen LogP) is 2.33. The zero-order chi connectivity index (χ0) is 12.5. The number of aromatic nitrogens is 2. The Balaban J connectivity index is 2.29. The van der Waals surface area contributed by atoms with Crippen molar-refractivity contribution in [3.8, 4) is 11.1 Å². The summed E-state index contributed by atoms with van der Waals surface area (Å²) in [5, 5.41) is 7.62. The average molecular weight is 237 g/mol. The number of hydrogen-bond donors (Lipinski definition) is 2. The normalized spacial score (nSPS) is 10.7. The first-order chi connectivity index (χ1) is 8.75. The second kappa shape index (κ2) is 4.00. The summed E-state index contributed by atoms with van der Waals surface area (Å²) in [5.41, 5.74) is 8.55. The Bertz CT molecular complexity index is 716. The molecule has 18 heavy (non-hydrogen) atoms. The van der Waals surface area contributed by atoms with Crippen molar-refractivity contribution in [1.29, 1.82) is 0 Å². The van der Waals surface area contributed by atoms with Crippen molar-refractivity contribution in [3.05, 3.63) is 54.2 Å². The molecule has 0 saturated heterocycles. The molecule has 4 nitrogen and oxygen atoms in total. The number of hydrogen-bond acceptors (Lipinski definition) is 2. The number of aromatic amines is 1. The minimum atomic E-state index is -0.456. The number of primary amides is 1. The van der Waals surface area contributed by atoms with Crippen molar-refractivity contribution < 1.29 is 4.79 Å². The molecule has 0 atom stereocenters. The number of carbonyl (C=O) groups excluding carboxylic acids is 1. The van der Waals surface area contributed by atoms with Gasteiger partial charge >= 0.3 is 0 Å². The maximum Gasteiger partial charge on any atom is 0.250 e. The number of fused-ring (bicyclic) bond motifs is 1. The van der Waals surface area contributed by atoms with E-state index in [1.807, 2.05) is 36.4 Å². The average Bonchev–Trinajstić information content (AvgIpc) is 2.86. The van der Waals surface area contributed by atoms with Crippen LogP contribution in [0.4, 0.5) is 0 Å². The molecule has 0 aliphatic heterocycles. The number of nitrogens with two attached hydrogens (primary N) is 1. The molecular formula is C14H11N3O. The summed E-state index contributed by atoms with van der Waals surface area (Å²) in [7, 11) is 0. The lowest BCUT2D eigenvalue weighted by molar-refractivity contribution is 0.100. The molecule has 88 valence electrons. The first-order valence-electron chi connectivity index (χ1n) is 5.58. The molecule has 0 aliphatic rings. The van der Waals surface area contributed by atoms with Gasteiger partial charge in [0.25, 0.3) is 5.91 Å². The van der Waals surface area contributed by atoms with Crippen LogP contribution >= 0.6 is 0 Å². The fraction of sp³-hybridized carbons (Fsp3) is 0. The van der Waals surface area contributed by atoms with Crippen LogP contribution in [0, 0.1) is 0 Å². The van der Waals surface area contributed by atoms with E-state index in [2.05, 4.69) is 10.2 Å². The van der Waals surface area contributed by atoms with E-state index >= 15 is 0 Å². The molecule has 0 saturated carbocycles. The molecule has 2 aromatic carbocycles. The van der Waals surface area contributed by atoms with E-state index in [4.69, 9.17) is 5.73 Å². The van der Waals surface area contributed by atoms with E-state index in [1.54, 1.807) is 12.3 Å². The van der Waals surface area contributed by atoms with Crippen molar-refractivity contribution >= 4 is 16.8 Å². The van der Waals surface area contributed by atoms with Crippen molar-refractivity contribution in [2.75, 3.05) is 0 Å². The number of amides is 1. The monoisotopic (exact) mass is 237 g/mol. The Morgan fingerprint density at radius 1 is 1.11 bits per heavy atom. The fourth-order valence-electron chi connectivity index (χ4n) is 2.05. The number of H-pyrrole nitrogens is 1. The van der Waals surface area contributed by atoms with Gasteiger partial charge in [-0.3, -0.25) is 9.89 Å². The summed E-state index contributed by atoms with van der Waals surface area (Å²) >= 11 is 0. The summed E-state index contributed by atoms with van der Waals surface area (Å²) < 4.78 is 0. The first kappa shape index (κ1) is 10.5. The highest BCUT2D eigenvalue weighted by Gasteiger charge is 2.11. The Kier molecular flexibility index (Phi) is 2.34. The number of benzene rings is 2. The topological polar surface area (TPSA) is 71.8 Å². The van der Waals surface area contributed by atoms with Crippen LogP contribution in [0.1, 0.15) is 10.4 Å². The van der Waals surface area contributed by atoms with Crippen LogP contribution in [0.2, 0.25) is 0 Å². The number of nitrogens with zero attached hydrogens (tertiary/aromatic N) is 1. The van der Waals surface area contributed by atoms with Crippen LogP contribution in [0.25, 0.3) is 22.0 Å². The summed E-state index contributed by atoms with van der Waals surface area (Å²) in [5.74, 6) is -0.456. The van der Waals surface area contributed by atoms with Gasteiger partial charge in [0.2, 0.25) is 0 Å². The number of nitrogens with one attached hydrogen (secondary N) is 1. The van der Waals surface area contributed by atoms with Gasteiger partial charge in [0.05, 0.1) is 17.3 Å². The van der Waals surface area contributed by atoms with Crippen molar-refractivity contribution in [3.63, 3.8) is 0 Å². The van der Waals surface area contributed by atoms with Gasteiger partial charge in [-0.15, -0.1) is 0 Å². The molecule has 0 fully saturated rings. The van der Waals surface area contributed by atoms with Gasteiger partial charge in [0, 0.05) is 5.39 Å². The summed E-state index contributed by atoms with van der Waals surface area (Å²) in [6.07, 6.45) is 1.69. The lowest BCUT2D eigenvalue weighted by atomic mass is 10.0. The number of carbonyl (C=O) groups is 1. The third kappa shape index (κ3) is 1.64. The Morgan fingerprint density at radius 2 is 1.89 bits per heavy atom. The van der Waals surface area contributed by atoms with Gasteiger partial charge in [0.1, 0.15) is 0 Å². The van der Waals surface area contributed by atoms with Crippen LogP contribution in [0.5, 0.6) is 0 Å².